The Balaban J connectivity index is 2.56. The van der Waals surface area contributed by atoms with E-state index in [1.807, 2.05) is 11.3 Å². The molecule has 1 heterocycles. The maximum atomic E-state index is 3.79. The Morgan fingerprint density at radius 2 is 1.94 bits per heavy atom. The summed E-state index contributed by atoms with van der Waals surface area (Å²) in [5.41, 5.74) is 0. The predicted octanol–water partition coefficient (Wildman–Crippen LogP) is 4.86. The van der Waals surface area contributed by atoms with Crippen LogP contribution in [0.3, 0.4) is 0 Å². The zero-order valence-corrected chi connectivity index (χ0v) is 12.7. The molecule has 1 aromatic heterocycles. The van der Waals surface area contributed by atoms with E-state index in [0.717, 1.165) is 5.92 Å². The van der Waals surface area contributed by atoms with Crippen molar-refractivity contribution in [2.24, 2.45) is 11.8 Å². The van der Waals surface area contributed by atoms with Gasteiger partial charge in [0.05, 0.1) is 0 Å². The van der Waals surface area contributed by atoms with E-state index in [-0.39, 0.29) is 0 Å². The lowest BCUT2D eigenvalue weighted by atomic mass is 9.97. The van der Waals surface area contributed by atoms with Gasteiger partial charge in [0.2, 0.25) is 0 Å². The van der Waals surface area contributed by atoms with Crippen LogP contribution in [-0.2, 0) is 0 Å². The van der Waals surface area contributed by atoms with Crippen molar-refractivity contribution in [3.63, 3.8) is 0 Å². The molecule has 98 valence electrons. The van der Waals surface area contributed by atoms with Crippen LogP contribution in [-0.4, -0.2) is 6.04 Å². The monoisotopic (exact) mass is 253 g/mol. The minimum Gasteiger partial charge on any atom is -0.307 e. The molecule has 0 radical (unpaired) electrons. The summed E-state index contributed by atoms with van der Waals surface area (Å²) in [6, 6.07) is 5.50. The van der Waals surface area contributed by atoms with Crippen LogP contribution in [0.4, 0.5) is 0 Å². The first-order valence-corrected chi connectivity index (χ1v) is 7.72. The normalized spacial score (nSPS) is 17.1. The fourth-order valence-corrected chi connectivity index (χ4v) is 3.17. The zero-order valence-electron chi connectivity index (χ0n) is 11.9. The summed E-state index contributed by atoms with van der Waals surface area (Å²) >= 11 is 1.86. The molecule has 0 spiro atoms. The van der Waals surface area contributed by atoms with E-state index in [1.54, 1.807) is 0 Å². The van der Waals surface area contributed by atoms with Gasteiger partial charge >= 0.3 is 0 Å². The molecule has 0 amide bonds. The molecule has 0 bridgehead atoms. The van der Waals surface area contributed by atoms with Crippen molar-refractivity contribution in [3.05, 3.63) is 22.4 Å². The van der Waals surface area contributed by atoms with E-state index in [0.29, 0.717) is 18.0 Å². The first-order chi connectivity index (χ1) is 8.04. The van der Waals surface area contributed by atoms with Gasteiger partial charge in [-0.05, 0) is 36.6 Å². The lowest BCUT2D eigenvalue weighted by Gasteiger charge is -2.27. The first-order valence-electron chi connectivity index (χ1n) is 6.84. The Morgan fingerprint density at radius 3 is 2.41 bits per heavy atom. The fraction of sp³-hybridized carbons (Fsp3) is 0.733. The smallest absolute Gasteiger partial charge is 0.0440 e. The van der Waals surface area contributed by atoms with E-state index >= 15 is 0 Å². The van der Waals surface area contributed by atoms with Crippen molar-refractivity contribution in [2.75, 3.05) is 0 Å². The van der Waals surface area contributed by atoms with Crippen LogP contribution in [0.5, 0.6) is 0 Å². The Hall–Kier alpha value is -0.340. The van der Waals surface area contributed by atoms with Gasteiger partial charge in [-0.25, -0.2) is 0 Å². The number of hydrogen-bond acceptors (Lipinski definition) is 2. The van der Waals surface area contributed by atoms with Crippen LogP contribution >= 0.6 is 11.3 Å². The fourth-order valence-electron chi connectivity index (χ4n) is 2.22. The van der Waals surface area contributed by atoms with Crippen molar-refractivity contribution in [2.45, 2.75) is 59.5 Å². The Kier molecular flexibility index (Phi) is 6.21. The molecule has 0 aromatic carbocycles. The standard InChI is InChI=1S/C15H27NS/c1-6-12(4)10-13(5)16-15(11(2)3)14-8-7-9-17-14/h7-9,11-13,15-16H,6,10H2,1-5H3. The summed E-state index contributed by atoms with van der Waals surface area (Å²) < 4.78 is 0. The van der Waals surface area contributed by atoms with Gasteiger partial charge in [-0.2, -0.15) is 0 Å². The van der Waals surface area contributed by atoms with Crippen molar-refractivity contribution in [3.8, 4) is 0 Å². The highest BCUT2D eigenvalue weighted by molar-refractivity contribution is 7.10. The SMILES string of the molecule is CCC(C)CC(C)NC(c1cccs1)C(C)C. The van der Waals surface area contributed by atoms with E-state index in [4.69, 9.17) is 0 Å². The Labute approximate surface area is 111 Å². The zero-order chi connectivity index (χ0) is 12.8. The average Bonchev–Trinajstić information content (AvgIpc) is 2.78. The third-order valence-corrected chi connectivity index (χ3v) is 4.39. The molecule has 0 aliphatic heterocycles. The second-order valence-electron chi connectivity index (χ2n) is 5.55. The van der Waals surface area contributed by atoms with Crippen molar-refractivity contribution >= 4 is 11.3 Å². The molecule has 3 unspecified atom stereocenters. The van der Waals surface area contributed by atoms with E-state index in [2.05, 4.69) is 57.4 Å². The van der Waals surface area contributed by atoms with E-state index in [9.17, 15) is 0 Å². The average molecular weight is 253 g/mol. The summed E-state index contributed by atoms with van der Waals surface area (Å²) in [5.74, 6) is 1.46. The molecule has 0 fully saturated rings. The molecule has 0 aliphatic rings. The molecule has 1 nitrogen and oxygen atoms in total. The summed E-state index contributed by atoms with van der Waals surface area (Å²) in [4.78, 5) is 1.47. The molecule has 0 saturated heterocycles. The molecule has 1 N–H and O–H groups in total. The molecule has 2 heteroatoms. The second-order valence-corrected chi connectivity index (χ2v) is 6.53. The van der Waals surface area contributed by atoms with Crippen molar-refractivity contribution in [1.82, 2.24) is 5.32 Å². The van der Waals surface area contributed by atoms with Gasteiger partial charge < -0.3 is 5.32 Å². The van der Waals surface area contributed by atoms with Gasteiger partial charge in [-0.3, -0.25) is 0 Å². The number of hydrogen-bond donors (Lipinski definition) is 1. The molecule has 0 aliphatic carbocycles. The Morgan fingerprint density at radius 1 is 1.24 bits per heavy atom. The third kappa shape index (κ3) is 4.81. The summed E-state index contributed by atoms with van der Waals surface area (Å²) in [5, 5.41) is 5.97. The van der Waals surface area contributed by atoms with Crippen LogP contribution in [0.1, 0.15) is 58.4 Å². The largest absolute Gasteiger partial charge is 0.307 e. The van der Waals surface area contributed by atoms with Crippen LogP contribution in [0.15, 0.2) is 17.5 Å². The topological polar surface area (TPSA) is 12.0 Å². The maximum Gasteiger partial charge on any atom is 0.0440 e. The van der Waals surface area contributed by atoms with Gasteiger partial charge in [0, 0.05) is 17.0 Å². The summed E-state index contributed by atoms with van der Waals surface area (Å²) in [6.45, 7) is 11.5. The van der Waals surface area contributed by atoms with Crippen LogP contribution < -0.4 is 5.32 Å². The summed E-state index contributed by atoms with van der Waals surface area (Å²) in [7, 11) is 0. The highest BCUT2D eigenvalue weighted by Gasteiger charge is 2.19. The van der Waals surface area contributed by atoms with Gasteiger partial charge in [0.15, 0.2) is 0 Å². The molecule has 0 saturated carbocycles. The second kappa shape index (κ2) is 7.17. The quantitative estimate of drug-likeness (QED) is 0.732. The van der Waals surface area contributed by atoms with Crippen molar-refractivity contribution in [1.29, 1.82) is 0 Å². The van der Waals surface area contributed by atoms with Gasteiger partial charge in [-0.1, -0.05) is 40.2 Å². The van der Waals surface area contributed by atoms with Gasteiger partial charge in [0.25, 0.3) is 0 Å². The minimum absolute atomic E-state index is 0.508. The molecular formula is C15H27NS. The predicted molar refractivity (Wildman–Crippen MR) is 78.6 cm³/mol. The van der Waals surface area contributed by atoms with Crippen molar-refractivity contribution < 1.29 is 0 Å². The highest BCUT2D eigenvalue weighted by atomic mass is 32.1. The highest BCUT2D eigenvalue weighted by Crippen LogP contribution is 2.27. The number of nitrogens with one attached hydrogen (secondary N) is 1. The van der Waals surface area contributed by atoms with Gasteiger partial charge in [0.1, 0.15) is 0 Å². The number of thiophene rings is 1. The minimum atomic E-state index is 0.508. The maximum absolute atomic E-state index is 3.79. The van der Waals surface area contributed by atoms with Crippen LogP contribution in [0.2, 0.25) is 0 Å². The molecule has 1 aromatic rings. The molecular weight excluding hydrogens is 226 g/mol. The van der Waals surface area contributed by atoms with Crippen LogP contribution in [0, 0.1) is 11.8 Å². The lowest BCUT2D eigenvalue weighted by molar-refractivity contribution is 0.332. The lowest BCUT2D eigenvalue weighted by Crippen LogP contribution is -2.34. The molecule has 17 heavy (non-hydrogen) atoms. The first kappa shape index (κ1) is 14.7. The molecule has 3 atom stereocenters. The van der Waals surface area contributed by atoms with E-state index < -0.39 is 0 Å². The third-order valence-electron chi connectivity index (χ3n) is 3.43. The summed E-state index contributed by atoms with van der Waals surface area (Å²) in [6.07, 6.45) is 2.54. The van der Waals surface area contributed by atoms with Crippen LogP contribution in [0.25, 0.3) is 0 Å². The Bertz CT molecular complexity index is 292. The number of rotatable bonds is 7. The van der Waals surface area contributed by atoms with E-state index in [1.165, 1.54) is 17.7 Å². The van der Waals surface area contributed by atoms with Gasteiger partial charge in [-0.15, -0.1) is 11.3 Å². The molecule has 1 rings (SSSR count).